The fourth-order valence-electron chi connectivity index (χ4n) is 2.20. The van der Waals surface area contributed by atoms with Gasteiger partial charge in [-0.15, -0.1) is 0 Å². The van der Waals surface area contributed by atoms with E-state index in [9.17, 15) is 14.6 Å². The maximum absolute atomic E-state index is 12.9. The zero-order chi connectivity index (χ0) is 14.4. The monoisotopic (exact) mass is 285 g/mol. The molecule has 0 aromatic carbocycles. The predicted octanol–water partition coefficient (Wildman–Crippen LogP) is -1.68. The minimum atomic E-state index is -2.42. The van der Waals surface area contributed by atoms with E-state index in [0.717, 1.165) is 0 Å². The van der Waals surface area contributed by atoms with Gasteiger partial charge in [-0.2, -0.15) is 0 Å². The van der Waals surface area contributed by atoms with Gasteiger partial charge in [-0.05, 0) is 0 Å². The SMILES string of the molecule is Nc1ncnc2c1ncn2[C@@H]1O[C@H](C(O)F)[C@@H](O)[C@H]1O. The van der Waals surface area contributed by atoms with E-state index in [0.29, 0.717) is 5.52 Å². The molecule has 3 heterocycles. The summed E-state index contributed by atoms with van der Waals surface area (Å²) in [4.78, 5) is 11.7. The van der Waals surface area contributed by atoms with E-state index in [1.54, 1.807) is 0 Å². The number of alkyl halides is 1. The molecule has 0 aliphatic carbocycles. The first-order valence-electron chi connectivity index (χ1n) is 5.77. The highest BCUT2D eigenvalue weighted by atomic mass is 19.1. The third kappa shape index (κ3) is 1.81. The molecule has 108 valence electrons. The van der Waals surface area contributed by atoms with Crippen LogP contribution in [0.25, 0.3) is 11.2 Å². The summed E-state index contributed by atoms with van der Waals surface area (Å²) in [5.74, 6) is 0.142. The topological polar surface area (TPSA) is 140 Å². The van der Waals surface area contributed by atoms with Crippen molar-refractivity contribution in [2.45, 2.75) is 30.9 Å². The highest BCUT2D eigenvalue weighted by Crippen LogP contribution is 2.33. The summed E-state index contributed by atoms with van der Waals surface area (Å²) >= 11 is 0. The lowest BCUT2D eigenvalue weighted by molar-refractivity contribution is -0.130. The quantitative estimate of drug-likeness (QED) is 0.512. The molecule has 5 N–H and O–H groups in total. The molecule has 0 radical (unpaired) electrons. The molecule has 0 saturated carbocycles. The van der Waals surface area contributed by atoms with Gasteiger partial charge in [0.2, 0.25) is 6.36 Å². The standard InChI is InChI=1S/C10H12FN5O4/c11-7(19)6-4(17)5(18)10(20-6)16-2-15-3-8(12)13-1-14-9(3)16/h1-2,4-7,10,17-19H,(H2,12,13,14)/t4-,5+,6-,7?,10+/m0/s1. The van der Waals surface area contributed by atoms with Crippen LogP contribution in [0.4, 0.5) is 10.2 Å². The fourth-order valence-corrected chi connectivity index (χ4v) is 2.20. The van der Waals surface area contributed by atoms with Crippen LogP contribution in [0.3, 0.4) is 0 Å². The average molecular weight is 285 g/mol. The van der Waals surface area contributed by atoms with Crippen LogP contribution in [-0.2, 0) is 4.74 Å². The van der Waals surface area contributed by atoms with Gasteiger partial charge >= 0.3 is 0 Å². The van der Waals surface area contributed by atoms with Crippen LogP contribution in [0, 0.1) is 0 Å². The smallest absolute Gasteiger partial charge is 0.225 e. The second-order valence-corrected chi connectivity index (χ2v) is 4.43. The van der Waals surface area contributed by atoms with Gasteiger partial charge in [0.25, 0.3) is 0 Å². The first kappa shape index (κ1) is 13.1. The fraction of sp³-hybridized carbons (Fsp3) is 0.500. The molecule has 1 saturated heterocycles. The van der Waals surface area contributed by atoms with Crippen molar-refractivity contribution >= 4 is 17.0 Å². The lowest BCUT2D eigenvalue weighted by Crippen LogP contribution is -2.36. The Labute approximate surface area is 111 Å². The molecular formula is C10H12FN5O4. The molecule has 1 unspecified atom stereocenters. The summed E-state index contributed by atoms with van der Waals surface area (Å²) in [6, 6.07) is 0. The molecule has 5 atom stereocenters. The van der Waals surface area contributed by atoms with E-state index >= 15 is 0 Å². The Morgan fingerprint density at radius 1 is 1.30 bits per heavy atom. The van der Waals surface area contributed by atoms with Gasteiger partial charge in [0.05, 0.1) is 6.33 Å². The average Bonchev–Trinajstić information content (AvgIpc) is 2.94. The number of hydrogen-bond acceptors (Lipinski definition) is 8. The maximum atomic E-state index is 12.9. The number of imidazole rings is 1. The molecule has 0 amide bonds. The Hall–Kier alpha value is -1.88. The Morgan fingerprint density at radius 3 is 2.70 bits per heavy atom. The zero-order valence-corrected chi connectivity index (χ0v) is 10.0. The molecule has 9 nitrogen and oxygen atoms in total. The van der Waals surface area contributed by atoms with Crippen LogP contribution >= 0.6 is 0 Å². The number of aliphatic hydroxyl groups is 3. The molecular weight excluding hydrogens is 273 g/mol. The number of ether oxygens (including phenoxy) is 1. The minimum absolute atomic E-state index is 0.142. The van der Waals surface area contributed by atoms with E-state index in [1.165, 1.54) is 17.2 Å². The van der Waals surface area contributed by atoms with Gasteiger partial charge in [0.1, 0.15) is 30.2 Å². The molecule has 10 heteroatoms. The van der Waals surface area contributed by atoms with E-state index < -0.39 is 30.9 Å². The number of halogens is 1. The van der Waals surface area contributed by atoms with Crippen LogP contribution in [-0.4, -0.2) is 59.5 Å². The number of fused-ring (bicyclic) bond motifs is 1. The number of nitrogens with two attached hydrogens (primary N) is 1. The number of aliphatic hydroxyl groups excluding tert-OH is 3. The molecule has 0 spiro atoms. The van der Waals surface area contributed by atoms with Crippen molar-refractivity contribution in [2.24, 2.45) is 0 Å². The van der Waals surface area contributed by atoms with Gasteiger partial charge in [-0.25, -0.2) is 19.3 Å². The van der Waals surface area contributed by atoms with E-state index in [4.69, 9.17) is 15.6 Å². The van der Waals surface area contributed by atoms with Crippen LogP contribution in [0.1, 0.15) is 6.23 Å². The van der Waals surface area contributed by atoms with Gasteiger partial charge in [0.15, 0.2) is 17.7 Å². The highest BCUT2D eigenvalue weighted by molar-refractivity contribution is 5.81. The first-order valence-corrected chi connectivity index (χ1v) is 5.77. The lowest BCUT2D eigenvalue weighted by atomic mass is 10.1. The number of nitrogens with zero attached hydrogens (tertiary/aromatic N) is 4. The van der Waals surface area contributed by atoms with E-state index in [-0.39, 0.29) is 11.5 Å². The van der Waals surface area contributed by atoms with Crippen LogP contribution in [0.15, 0.2) is 12.7 Å². The number of rotatable bonds is 2. The summed E-state index contributed by atoms with van der Waals surface area (Å²) in [6.45, 7) is 0. The molecule has 2 aromatic heterocycles. The zero-order valence-electron chi connectivity index (χ0n) is 10.0. The second kappa shape index (κ2) is 4.59. The number of aromatic nitrogens is 4. The number of nitrogen functional groups attached to an aromatic ring is 1. The number of hydrogen-bond donors (Lipinski definition) is 4. The summed E-state index contributed by atoms with van der Waals surface area (Å²) in [5, 5.41) is 28.4. The normalized spacial score (nSPS) is 31.8. The van der Waals surface area contributed by atoms with Crippen molar-refractivity contribution in [3.05, 3.63) is 12.7 Å². The Bertz CT molecular complexity index is 635. The summed E-state index contributed by atoms with van der Waals surface area (Å²) in [6.07, 6.45) is -5.64. The van der Waals surface area contributed by atoms with Crippen molar-refractivity contribution < 1.29 is 24.4 Å². The summed E-state index contributed by atoms with van der Waals surface area (Å²) < 4.78 is 19.3. The molecule has 20 heavy (non-hydrogen) atoms. The molecule has 1 fully saturated rings. The molecule has 0 bridgehead atoms. The van der Waals surface area contributed by atoms with Gasteiger partial charge < -0.3 is 25.8 Å². The molecule has 1 aliphatic rings. The van der Waals surface area contributed by atoms with Crippen molar-refractivity contribution in [3.63, 3.8) is 0 Å². The van der Waals surface area contributed by atoms with Crippen LogP contribution in [0.2, 0.25) is 0 Å². The summed E-state index contributed by atoms with van der Waals surface area (Å²) in [5.41, 5.74) is 6.19. The Balaban J connectivity index is 2.02. The largest absolute Gasteiger partial charge is 0.387 e. The highest BCUT2D eigenvalue weighted by Gasteiger charge is 2.47. The minimum Gasteiger partial charge on any atom is -0.387 e. The van der Waals surface area contributed by atoms with Crippen molar-refractivity contribution in [2.75, 3.05) is 5.73 Å². The van der Waals surface area contributed by atoms with Crippen LogP contribution < -0.4 is 5.73 Å². The molecule has 2 aromatic rings. The van der Waals surface area contributed by atoms with Crippen molar-refractivity contribution in [1.82, 2.24) is 19.5 Å². The van der Waals surface area contributed by atoms with Crippen molar-refractivity contribution in [3.8, 4) is 0 Å². The lowest BCUT2D eigenvalue weighted by Gasteiger charge is -2.16. The Morgan fingerprint density at radius 2 is 2.05 bits per heavy atom. The van der Waals surface area contributed by atoms with E-state index in [2.05, 4.69) is 15.0 Å². The first-order chi connectivity index (χ1) is 9.50. The number of anilines is 1. The summed E-state index contributed by atoms with van der Waals surface area (Å²) in [7, 11) is 0. The molecule has 1 aliphatic heterocycles. The third-order valence-electron chi connectivity index (χ3n) is 3.21. The maximum Gasteiger partial charge on any atom is 0.225 e. The Kier molecular flexibility index (Phi) is 3.01. The predicted molar refractivity (Wildman–Crippen MR) is 62.8 cm³/mol. The van der Waals surface area contributed by atoms with Gasteiger partial charge in [-0.3, -0.25) is 4.57 Å². The van der Waals surface area contributed by atoms with E-state index in [1.807, 2.05) is 0 Å². The van der Waals surface area contributed by atoms with Gasteiger partial charge in [0, 0.05) is 0 Å². The van der Waals surface area contributed by atoms with Gasteiger partial charge in [-0.1, -0.05) is 0 Å². The van der Waals surface area contributed by atoms with Crippen LogP contribution in [0.5, 0.6) is 0 Å². The third-order valence-corrected chi connectivity index (χ3v) is 3.21. The van der Waals surface area contributed by atoms with Crippen molar-refractivity contribution in [1.29, 1.82) is 0 Å². The second-order valence-electron chi connectivity index (χ2n) is 4.43. The molecule has 3 rings (SSSR count).